The summed E-state index contributed by atoms with van der Waals surface area (Å²) in [7, 11) is -4.23. The van der Waals surface area contributed by atoms with Gasteiger partial charge in [-0.3, -0.25) is 9.59 Å². The molecule has 1 aliphatic rings. The maximum absolute atomic E-state index is 13.3. The second kappa shape index (κ2) is 6.68. The van der Waals surface area contributed by atoms with Crippen molar-refractivity contribution in [2.24, 2.45) is 0 Å². The Hall–Kier alpha value is -3.78. The molecule has 144 valence electrons. The summed E-state index contributed by atoms with van der Waals surface area (Å²) in [5, 5.41) is 9.59. The minimum Gasteiger partial charge on any atom is -0.478 e. The van der Waals surface area contributed by atoms with E-state index >= 15 is 0 Å². The molecule has 1 aliphatic carbocycles. The second-order valence-electron chi connectivity index (χ2n) is 6.30. The van der Waals surface area contributed by atoms with Gasteiger partial charge in [0.05, 0.1) is 21.7 Å². The highest BCUT2D eigenvalue weighted by Gasteiger charge is 2.38. The van der Waals surface area contributed by atoms with E-state index in [1.54, 1.807) is 36.4 Å². The van der Waals surface area contributed by atoms with Crippen LogP contribution in [0.2, 0.25) is 0 Å². The summed E-state index contributed by atoms with van der Waals surface area (Å²) in [5.41, 5.74) is -0.458. The van der Waals surface area contributed by atoms with Crippen molar-refractivity contribution in [2.45, 2.75) is 4.90 Å². The van der Waals surface area contributed by atoms with Gasteiger partial charge in [-0.1, -0.05) is 48.5 Å². The molecular weight excluding hydrogens is 394 g/mol. The molecule has 7 nitrogen and oxygen atoms in total. The first-order valence-electron chi connectivity index (χ1n) is 8.48. The van der Waals surface area contributed by atoms with Crippen molar-refractivity contribution < 1.29 is 27.9 Å². The SMILES string of the molecule is O=C(O)C1=CC(=O)C(=O)c2c(-c3ccccc3)cn(S(=O)(=O)c3ccccc3)c21. The van der Waals surface area contributed by atoms with Gasteiger partial charge in [0.25, 0.3) is 10.0 Å². The Labute approximate surface area is 165 Å². The number of carbonyl (C=O) groups excluding carboxylic acids is 2. The van der Waals surface area contributed by atoms with E-state index in [2.05, 4.69) is 0 Å². The quantitative estimate of drug-likeness (QED) is 0.666. The van der Waals surface area contributed by atoms with Crippen LogP contribution < -0.4 is 0 Å². The van der Waals surface area contributed by atoms with E-state index in [1.807, 2.05) is 0 Å². The van der Waals surface area contributed by atoms with Gasteiger partial charge in [-0.15, -0.1) is 0 Å². The van der Waals surface area contributed by atoms with Gasteiger partial charge in [-0.05, 0) is 17.7 Å². The molecule has 0 amide bonds. The summed E-state index contributed by atoms with van der Waals surface area (Å²) in [6.07, 6.45) is 1.86. The minimum absolute atomic E-state index is 0.0773. The molecule has 1 heterocycles. The molecule has 1 N–H and O–H groups in total. The van der Waals surface area contributed by atoms with Crippen LogP contribution in [0.3, 0.4) is 0 Å². The molecule has 3 aromatic rings. The summed E-state index contributed by atoms with van der Waals surface area (Å²) >= 11 is 0. The van der Waals surface area contributed by atoms with Gasteiger partial charge in [0.2, 0.25) is 11.6 Å². The Morgan fingerprint density at radius 3 is 2.07 bits per heavy atom. The van der Waals surface area contributed by atoms with E-state index in [4.69, 9.17) is 0 Å². The average Bonchev–Trinajstić information content (AvgIpc) is 3.13. The number of hydrogen-bond acceptors (Lipinski definition) is 5. The lowest BCUT2D eigenvalue weighted by molar-refractivity contribution is -0.130. The van der Waals surface area contributed by atoms with Crippen molar-refractivity contribution in [2.75, 3.05) is 0 Å². The number of carboxylic acid groups (broad SMARTS) is 1. The van der Waals surface area contributed by atoms with E-state index < -0.39 is 33.1 Å². The van der Waals surface area contributed by atoms with Gasteiger partial charge in [0.1, 0.15) is 0 Å². The van der Waals surface area contributed by atoms with Gasteiger partial charge < -0.3 is 5.11 Å². The second-order valence-corrected chi connectivity index (χ2v) is 8.12. The highest BCUT2D eigenvalue weighted by atomic mass is 32.2. The molecule has 4 rings (SSSR count). The van der Waals surface area contributed by atoms with Gasteiger partial charge in [0, 0.05) is 17.8 Å². The molecule has 0 fully saturated rings. The van der Waals surface area contributed by atoms with Crippen molar-refractivity contribution in [1.82, 2.24) is 3.97 Å². The molecule has 0 spiro atoms. The number of ketones is 2. The molecule has 2 aromatic carbocycles. The maximum Gasteiger partial charge on any atom is 0.338 e. The third kappa shape index (κ3) is 2.90. The van der Waals surface area contributed by atoms with Crippen LogP contribution in [0.4, 0.5) is 0 Å². The molecule has 8 heteroatoms. The molecule has 0 saturated heterocycles. The molecular formula is C21H13NO6S. The Bertz CT molecular complexity index is 1300. The van der Waals surface area contributed by atoms with Crippen LogP contribution in [0.1, 0.15) is 16.1 Å². The third-order valence-electron chi connectivity index (χ3n) is 4.57. The number of aromatic nitrogens is 1. The highest BCUT2D eigenvalue weighted by Crippen LogP contribution is 2.37. The molecule has 0 bridgehead atoms. The first kappa shape index (κ1) is 18.6. The van der Waals surface area contributed by atoms with E-state index in [1.165, 1.54) is 30.5 Å². The zero-order valence-electron chi connectivity index (χ0n) is 14.8. The zero-order valence-corrected chi connectivity index (χ0v) is 15.6. The summed E-state index contributed by atoms with van der Waals surface area (Å²) in [4.78, 5) is 36.5. The number of benzene rings is 2. The maximum atomic E-state index is 13.3. The van der Waals surface area contributed by atoms with Crippen LogP contribution in [0.5, 0.6) is 0 Å². The lowest BCUT2D eigenvalue weighted by Gasteiger charge is -2.15. The molecule has 0 saturated carbocycles. The number of rotatable bonds is 4. The zero-order chi connectivity index (χ0) is 20.8. The normalized spacial score (nSPS) is 13.7. The highest BCUT2D eigenvalue weighted by molar-refractivity contribution is 7.90. The van der Waals surface area contributed by atoms with Crippen molar-refractivity contribution in [3.63, 3.8) is 0 Å². The Kier molecular flexibility index (Phi) is 4.28. The van der Waals surface area contributed by atoms with Crippen molar-refractivity contribution in [3.8, 4) is 11.1 Å². The minimum atomic E-state index is -4.23. The van der Waals surface area contributed by atoms with Crippen molar-refractivity contribution in [3.05, 3.63) is 84.2 Å². The smallest absolute Gasteiger partial charge is 0.338 e. The predicted molar refractivity (Wildman–Crippen MR) is 104 cm³/mol. The standard InChI is InChI=1S/C21H13NO6S/c23-17-11-15(21(25)26)19-18(20(17)24)16(13-7-3-1-4-8-13)12-22(19)29(27,28)14-9-5-2-6-10-14/h1-12H,(H,25,26). The Morgan fingerprint density at radius 1 is 0.897 bits per heavy atom. The number of nitrogens with zero attached hydrogens (tertiary/aromatic N) is 1. The van der Waals surface area contributed by atoms with Gasteiger partial charge in [-0.2, -0.15) is 0 Å². The molecule has 1 aromatic heterocycles. The largest absolute Gasteiger partial charge is 0.478 e. The molecule has 0 aliphatic heterocycles. The molecule has 29 heavy (non-hydrogen) atoms. The fourth-order valence-electron chi connectivity index (χ4n) is 3.25. The molecule has 0 unspecified atom stereocenters. The number of Topliss-reactive ketones (excluding diaryl/α,β-unsaturated/α-hetero) is 1. The summed E-state index contributed by atoms with van der Waals surface area (Å²) in [5.74, 6) is -3.47. The van der Waals surface area contributed by atoms with Crippen LogP contribution in [-0.4, -0.2) is 35.0 Å². The van der Waals surface area contributed by atoms with Crippen LogP contribution in [0, 0.1) is 0 Å². The van der Waals surface area contributed by atoms with E-state index in [0.717, 1.165) is 3.97 Å². The summed E-state index contributed by atoms with van der Waals surface area (Å²) in [6, 6.07) is 15.8. The topological polar surface area (TPSA) is 111 Å². The van der Waals surface area contributed by atoms with Crippen molar-refractivity contribution in [1.29, 1.82) is 0 Å². The number of hydrogen-bond donors (Lipinski definition) is 1. The number of carboxylic acids is 1. The van der Waals surface area contributed by atoms with Gasteiger partial charge in [0.15, 0.2) is 0 Å². The number of aliphatic carboxylic acids is 1. The van der Waals surface area contributed by atoms with E-state index in [-0.39, 0.29) is 21.7 Å². The van der Waals surface area contributed by atoms with Crippen LogP contribution in [0.25, 0.3) is 16.7 Å². The average molecular weight is 407 g/mol. The van der Waals surface area contributed by atoms with Crippen LogP contribution in [-0.2, 0) is 19.6 Å². The first-order valence-corrected chi connectivity index (χ1v) is 9.92. The number of allylic oxidation sites excluding steroid dienone is 1. The number of carbonyl (C=O) groups is 3. The molecule has 0 radical (unpaired) electrons. The summed E-state index contributed by atoms with van der Waals surface area (Å²) in [6.45, 7) is 0. The third-order valence-corrected chi connectivity index (χ3v) is 6.24. The molecule has 0 atom stereocenters. The van der Waals surface area contributed by atoms with Gasteiger partial charge in [-0.25, -0.2) is 17.2 Å². The van der Waals surface area contributed by atoms with Crippen LogP contribution >= 0.6 is 0 Å². The number of fused-ring (bicyclic) bond motifs is 1. The lowest BCUT2D eigenvalue weighted by atomic mass is 9.90. The fraction of sp³-hybridized carbons (Fsp3) is 0. The van der Waals surface area contributed by atoms with Crippen LogP contribution in [0.15, 0.2) is 77.8 Å². The van der Waals surface area contributed by atoms with Gasteiger partial charge >= 0.3 is 5.97 Å². The first-order chi connectivity index (χ1) is 13.8. The monoisotopic (exact) mass is 407 g/mol. The fourth-order valence-corrected chi connectivity index (χ4v) is 4.65. The summed E-state index contributed by atoms with van der Waals surface area (Å²) < 4.78 is 27.3. The van der Waals surface area contributed by atoms with E-state index in [0.29, 0.717) is 11.6 Å². The Balaban J connectivity index is 2.11. The van der Waals surface area contributed by atoms with E-state index in [9.17, 15) is 27.9 Å². The van der Waals surface area contributed by atoms with Crippen molar-refractivity contribution >= 4 is 33.1 Å². The predicted octanol–water partition coefficient (Wildman–Crippen LogP) is 2.63. The lowest BCUT2D eigenvalue weighted by Crippen LogP contribution is -2.25. The Morgan fingerprint density at radius 2 is 1.48 bits per heavy atom.